The minimum absolute atomic E-state index is 0.00357. The molecule has 28 heavy (non-hydrogen) atoms. The Kier molecular flexibility index (Phi) is 5.58. The number of carbonyl (C=O) groups excluding carboxylic acids is 2. The smallest absolute Gasteiger partial charge is 0.254 e. The van der Waals surface area contributed by atoms with Gasteiger partial charge in [-0.3, -0.25) is 9.59 Å². The Labute approximate surface area is 164 Å². The second kappa shape index (κ2) is 8.44. The van der Waals surface area contributed by atoms with E-state index in [9.17, 15) is 9.59 Å². The van der Waals surface area contributed by atoms with Gasteiger partial charge in [0, 0.05) is 37.4 Å². The van der Waals surface area contributed by atoms with Crippen molar-refractivity contribution in [2.75, 3.05) is 25.1 Å². The Morgan fingerprint density at radius 3 is 2.75 bits per heavy atom. The van der Waals surface area contributed by atoms with Crippen molar-refractivity contribution < 1.29 is 19.1 Å². The molecule has 6 nitrogen and oxygen atoms in total. The van der Waals surface area contributed by atoms with E-state index in [1.54, 1.807) is 4.90 Å². The Morgan fingerprint density at radius 1 is 1.18 bits per heavy atom. The summed E-state index contributed by atoms with van der Waals surface area (Å²) in [4.78, 5) is 26.3. The number of anilines is 1. The average Bonchev–Trinajstić information content (AvgIpc) is 3.34. The van der Waals surface area contributed by atoms with Gasteiger partial charge < -0.3 is 19.7 Å². The van der Waals surface area contributed by atoms with Crippen LogP contribution in [-0.4, -0.2) is 42.6 Å². The first-order valence-electron chi connectivity index (χ1n) is 9.70. The molecule has 1 atom stereocenters. The van der Waals surface area contributed by atoms with Crippen molar-refractivity contribution in [2.45, 2.75) is 31.9 Å². The van der Waals surface area contributed by atoms with E-state index in [2.05, 4.69) is 5.32 Å². The summed E-state index contributed by atoms with van der Waals surface area (Å²) in [5, 5.41) is 2.87. The number of benzene rings is 2. The molecule has 0 radical (unpaired) electrons. The number of nitrogens with zero attached hydrogens (tertiary/aromatic N) is 1. The fraction of sp³-hybridized carbons (Fsp3) is 0.364. The molecule has 0 saturated carbocycles. The minimum atomic E-state index is -0.114. The van der Waals surface area contributed by atoms with Gasteiger partial charge in [-0.1, -0.05) is 18.2 Å². The first-order valence-corrected chi connectivity index (χ1v) is 9.70. The van der Waals surface area contributed by atoms with E-state index in [1.165, 1.54) is 0 Å². The number of amides is 2. The number of ether oxygens (including phenoxy) is 2. The fourth-order valence-electron chi connectivity index (χ4n) is 3.55. The Balaban J connectivity index is 1.22. The second-order valence-electron chi connectivity index (χ2n) is 7.15. The molecule has 2 heterocycles. The molecule has 2 aliphatic heterocycles. The Morgan fingerprint density at radius 2 is 2.00 bits per heavy atom. The SMILES string of the molecule is O=C(CCN1Cc2ccccc2C1=O)Nc1ccc(OCC2CCCO2)cc1. The normalized spacial score (nSPS) is 18.2. The number of rotatable bonds is 7. The molecule has 2 aliphatic rings. The van der Waals surface area contributed by atoms with Crippen LogP contribution < -0.4 is 10.1 Å². The highest BCUT2D eigenvalue weighted by atomic mass is 16.5. The molecular formula is C22H24N2O4. The van der Waals surface area contributed by atoms with Crippen LogP contribution in [-0.2, 0) is 16.1 Å². The quantitative estimate of drug-likeness (QED) is 0.801. The van der Waals surface area contributed by atoms with Gasteiger partial charge >= 0.3 is 0 Å². The molecule has 146 valence electrons. The van der Waals surface area contributed by atoms with E-state index < -0.39 is 0 Å². The Hall–Kier alpha value is -2.86. The summed E-state index contributed by atoms with van der Waals surface area (Å²) in [5.41, 5.74) is 2.47. The van der Waals surface area contributed by atoms with Gasteiger partial charge in [0.2, 0.25) is 5.91 Å². The molecular weight excluding hydrogens is 356 g/mol. The minimum Gasteiger partial charge on any atom is -0.491 e. The maximum atomic E-state index is 12.3. The summed E-state index contributed by atoms with van der Waals surface area (Å²) in [6.45, 7) is 2.34. The number of nitrogens with one attached hydrogen (secondary N) is 1. The fourth-order valence-corrected chi connectivity index (χ4v) is 3.55. The molecule has 2 aromatic rings. The Bertz CT molecular complexity index is 844. The predicted octanol–water partition coefficient (Wildman–Crippen LogP) is 3.23. The van der Waals surface area contributed by atoms with Crippen molar-refractivity contribution in [1.29, 1.82) is 0 Å². The van der Waals surface area contributed by atoms with Crippen molar-refractivity contribution in [3.05, 3.63) is 59.7 Å². The molecule has 4 rings (SSSR count). The zero-order chi connectivity index (χ0) is 19.3. The summed E-state index contributed by atoms with van der Waals surface area (Å²) in [5.74, 6) is 0.641. The van der Waals surface area contributed by atoms with Crippen LogP contribution in [0.25, 0.3) is 0 Å². The van der Waals surface area contributed by atoms with E-state index in [4.69, 9.17) is 9.47 Å². The van der Waals surface area contributed by atoms with Crippen molar-refractivity contribution in [3.8, 4) is 5.75 Å². The largest absolute Gasteiger partial charge is 0.491 e. The molecule has 2 amide bonds. The molecule has 1 N–H and O–H groups in total. The lowest BCUT2D eigenvalue weighted by Gasteiger charge is -2.15. The van der Waals surface area contributed by atoms with Crippen molar-refractivity contribution >= 4 is 17.5 Å². The highest BCUT2D eigenvalue weighted by Crippen LogP contribution is 2.22. The van der Waals surface area contributed by atoms with E-state index in [0.717, 1.165) is 36.3 Å². The lowest BCUT2D eigenvalue weighted by molar-refractivity contribution is -0.116. The summed E-state index contributed by atoms with van der Waals surface area (Å²) >= 11 is 0. The number of hydrogen-bond donors (Lipinski definition) is 1. The van der Waals surface area contributed by atoms with Crippen molar-refractivity contribution in [1.82, 2.24) is 4.90 Å². The van der Waals surface area contributed by atoms with Gasteiger partial charge in [0.1, 0.15) is 12.4 Å². The summed E-state index contributed by atoms with van der Waals surface area (Å²) < 4.78 is 11.3. The van der Waals surface area contributed by atoms with Gasteiger partial charge in [-0.2, -0.15) is 0 Å². The summed E-state index contributed by atoms with van der Waals surface area (Å²) in [6.07, 6.45) is 2.57. The van der Waals surface area contributed by atoms with Crippen molar-refractivity contribution in [2.24, 2.45) is 0 Å². The molecule has 0 bridgehead atoms. The van der Waals surface area contributed by atoms with Gasteiger partial charge in [-0.15, -0.1) is 0 Å². The average molecular weight is 380 g/mol. The maximum Gasteiger partial charge on any atom is 0.254 e. The van der Waals surface area contributed by atoms with E-state index in [1.807, 2.05) is 48.5 Å². The van der Waals surface area contributed by atoms with Crippen LogP contribution in [0.4, 0.5) is 5.69 Å². The van der Waals surface area contributed by atoms with Gasteiger partial charge in [-0.05, 0) is 48.7 Å². The van der Waals surface area contributed by atoms with Gasteiger partial charge in [0.15, 0.2) is 0 Å². The molecule has 1 fully saturated rings. The summed E-state index contributed by atoms with van der Waals surface area (Å²) in [7, 11) is 0. The van der Waals surface area contributed by atoms with E-state index >= 15 is 0 Å². The summed E-state index contributed by atoms with van der Waals surface area (Å²) in [6, 6.07) is 14.9. The topological polar surface area (TPSA) is 67.9 Å². The number of hydrogen-bond acceptors (Lipinski definition) is 4. The first-order chi connectivity index (χ1) is 13.7. The van der Waals surface area contributed by atoms with Gasteiger partial charge in [0.05, 0.1) is 6.10 Å². The zero-order valence-corrected chi connectivity index (χ0v) is 15.7. The van der Waals surface area contributed by atoms with Crippen molar-refractivity contribution in [3.63, 3.8) is 0 Å². The van der Waals surface area contributed by atoms with Crippen LogP contribution in [0.15, 0.2) is 48.5 Å². The lowest BCUT2D eigenvalue weighted by atomic mass is 10.1. The molecule has 6 heteroatoms. The lowest BCUT2D eigenvalue weighted by Crippen LogP contribution is -2.28. The first kappa shape index (κ1) is 18.5. The molecule has 0 spiro atoms. The monoisotopic (exact) mass is 380 g/mol. The van der Waals surface area contributed by atoms with Gasteiger partial charge in [0.25, 0.3) is 5.91 Å². The standard InChI is InChI=1S/C22H24N2O4/c25-21(11-12-24-14-16-4-1-2-6-20(16)22(24)26)23-17-7-9-18(10-8-17)28-15-19-5-3-13-27-19/h1-2,4,6-10,19H,3,5,11-15H2,(H,23,25). The third-order valence-electron chi connectivity index (χ3n) is 5.10. The van der Waals surface area contributed by atoms with E-state index in [-0.39, 0.29) is 24.3 Å². The molecule has 2 aromatic carbocycles. The molecule has 1 unspecified atom stereocenters. The van der Waals surface area contributed by atoms with E-state index in [0.29, 0.717) is 25.4 Å². The third-order valence-corrected chi connectivity index (χ3v) is 5.10. The zero-order valence-electron chi connectivity index (χ0n) is 15.7. The molecule has 1 saturated heterocycles. The van der Waals surface area contributed by atoms with Gasteiger partial charge in [-0.25, -0.2) is 0 Å². The van der Waals surface area contributed by atoms with Crippen LogP contribution in [0, 0.1) is 0 Å². The predicted molar refractivity (Wildman–Crippen MR) is 105 cm³/mol. The van der Waals surface area contributed by atoms with Crippen LogP contribution in [0.3, 0.4) is 0 Å². The molecule has 0 aliphatic carbocycles. The van der Waals surface area contributed by atoms with Crippen LogP contribution in [0.5, 0.6) is 5.75 Å². The number of fused-ring (bicyclic) bond motifs is 1. The molecule has 0 aromatic heterocycles. The van der Waals surface area contributed by atoms with Crippen LogP contribution in [0.2, 0.25) is 0 Å². The van der Waals surface area contributed by atoms with Crippen LogP contribution in [0.1, 0.15) is 35.2 Å². The third kappa shape index (κ3) is 4.34. The second-order valence-corrected chi connectivity index (χ2v) is 7.15. The maximum absolute atomic E-state index is 12.3. The highest BCUT2D eigenvalue weighted by molar-refractivity contribution is 5.98. The number of carbonyl (C=O) groups is 2. The highest BCUT2D eigenvalue weighted by Gasteiger charge is 2.26. The van der Waals surface area contributed by atoms with Crippen LogP contribution >= 0.6 is 0 Å².